The zero-order chi connectivity index (χ0) is 45.2. The summed E-state index contributed by atoms with van der Waals surface area (Å²) >= 11 is 0. The Balaban J connectivity index is 1.37. The predicted molar refractivity (Wildman–Crippen MR) is 227 cm³/mol. The fourth-order valence-electron chi connectivity index (χ4n) is 7.60. The summed E-state index contributed by atoms with van der Waals surface area (Å²) in [5.41, 5.74) is 3.60. The summed E-state index contributed by atoms with van der Waals surface area (Å²) in [5, 5.41) is 3.01. The summed E-state index contributed by atoms with van der Waals surface area (Å²) in [4.78, 5) is 77.4. The van der Waals surface area contributed by atoms with E-state index in [0.29, 0.717) is 34.7 Å². The Kier molecular flexibility index (Phi) is 15.1. The molecule has 0 radical (unpaired) electrons. The van der Waals surface area contributed by atoms with Gasteiger partial charge in [0.1, 0.15) is 30.4 Å². The minimum absolute atomic E-state index is 0.293. The Morgan fingerprint density at radius 3 is 2.03 bits per heavy atom. The smallest absolute Gasteiger partial charge is 0.323 e. The molecular formula is C48H49FN2O12. The van der Waals surface area contributed by atoms with Gasteiger partial charge in [0.05, 0.1) is 18.7 Å². The van der Waals surface area contributed by atoms with Gasteiger partial charge in [0.2, 0.25) is 0 Å². The Morgan fingerprint density at radius 2 is 1.40 bits per heavy atom. The van der Waals surface area contributed by atoms with Crippen LogP contribution in [0.15, 0.2) is 109 Å². The van der Waals surface area contributed by atoms with Crippen LogP contribution >= 0.6 is 0 Å². The summed E-state index contributed by atoms with van der Waals surface area (Å²) in [7, 11) is 0. The Labute approximate surface area is 364 Å². The van der Waals surface area contributed by atoms with Crippen LogP contribution in [0.4, 0.5) is 14.9 Å². The molecule has 0 aromatic heterocycles. The normalized spacial score (nSPS) is 21.9. The molecule has 330 valence electrons. The first-order valence-corrected chi connectivity index (χ1v) is 20.5. The quantitative estimate of drug-likeness (QED) is 0.0386. The molecule has 2 aliphatic rings. The van der Waals surface area contributed by atoms with Crippen molar-refractivity contribution < 1.29 is 61.6 Å². The average Bonchev–Trinajstić information content (AvgIpc) is 3.58. The van der Waals surface area contributed by atoms with Crippen molar-refractivity contribution in [2.24, 2.45) is 0 Å². The van der Waals surface area contributed by atoms with Gasteiger partial charge in [-0.2, -0.15) is 0 Å². The molecule has 2 amide bonds. The second-order valence-electron chi connectivity index (χ2n) is 15.1. The molecule has 14 nitrogen and oxygen atoms in total. The molecule has 2 heterocycles. The van der Waals surface area contributed by atoms with Crippen molar-refractivity contribution in [2.75, 3.05) is 18.1 Å². The number of allylic oxidation sites excluding steroid dienone is 1. The van der Waals surface area contributed by atoms with Gasteiger partial charge in [0, 0.05) is 44.5 Å². The van der Waals surface area contributed by atoms with E-state index >= 15 is 0 Å². The molecule has 0 spiro atoms. The number of amides is 2. The first kappa shape index (κ1) is 45.7. The lowest BCUT2D eigenvalue weighted by Crippen LogP contribution is -2.59. The van der Waals surface area contributed by atoms with Gasteiger partial charge in [-0.3, -0.25) is 28.9 Å². The van der Waals surface area contributed by atoms with Crippen molar-refractivity contribution in [3.63, 3.8) is 0 Å². The molecule has 2 aliphatic heterocycles. The summed E-state index contributed by atoms with van der Waals surface area (Å²) in [6.45, 7) is 6.78. The number of carbonyl (C=O) groups is 6. The fourth-order valence-corrected chi connectivity index (χ4v) is 7.60. The molecule has 0 aliphatic carbocycles. The van der Waals surface area contributed by atoms with E-state index in [1.54, 1.807) is 23.1 Å². The van der Waals surface area contributed by atoms with Crippen molar-refractivity contribution in [1.82, 2.24) is 5.32 Å². The van der Waals surface area contributed by atoms with Gasteiger partial charge < -0.3 is 33.7 Å². The predicted octanol–water partition coefficient (Wildman–Crippen LogP) is 7.55. The number of rotatable bonds is 16. The molecule has 0 saturated carbocycles. The van der Waals surface area contributed by atoms with Gasteiger partial charge in [-0.25, -0.2) is 9.18 Å². The number of anilines is 1. The number of esters is 4. The highest BCUT2D eigenvalue weighted by atomic mass is 19.1. The van der Waals surface area contributed by atoms with E-state index in [1.807, 2.05) is 67.6 Å². The van der Waals surface area contributed by atoms with Gasteiger partial charge >= 0.3 is 29.9 Å². The number of halogens is 1. The molecule has 6 rings (SSSR count). The topological polar surface area (TPSA) is 173 Å². The van der Waals surface area contributed by atoms with Crippen LogP contribution in [0.1, 0.15) is 81.1 Å². The van der Waals surface area contributed by atoms with Gasteiger partial charge in [-0.1, -0.05) is 74.0 Å². The van der Waals surface area contributed by atoms with Crippen LogP contribution in [0.3, 0.4) is 0 Å². The molecule has 2 saturated heterocycles. The maximum absolute atomic E-state index is 13.8. The number of para-hydroxylation sites is 1. The number of unbranched alkanes of at least 4 members (excludes halogenated alkanes) is 1. The van der Waals surface area contributed by atoms with E-state index < -0.39 is 72.3 Å². The van der Waals surface area contributed by atoms with Gasteiger partial charge in [-0.15, -0.1) is 0 Å². The number of nitrogens with one attached hydrogen (secondary N) is 1. The summed E-state index contributed by atoms with van der Waals surface area (Å²) < 4.78 is 48.5. The zero-order valence-electron chi connectivity index (χ0n) is 35.5. The van der Waals surface area contributed by atoms with Gasteiger partial charge in [0.15, 0.2) is 24.1 Å². The Bertz CT molecular complexity index is 2320. The van der Waals surface area contributed by atoms with Crippen molar-refractivity contribution in [1.29, 1.82) is 0 Å². The number of hydrogen-bond acceptors (Lipinski definition) is 12. The zero-order valence-corrected chi connectivity index (χ0v) is 35.5. The number of hydrogen-bond donors (Lipinski definition) is 1. The third kappa shape index (κ3) is 11.3. The van der Waals surface area contributed by atoms with Crippen molar-refractivity contribution >= 4 is 41.4 Å². The number of ether oxygens (including phenoxy) is 6. The van der Waals surface area contributed by atoms with Crippen LogP contribution in [0, 0.1) is 5.82 Å². The first-order chi connectivity index (χ1) is 30.2. The van der Waals surface area contributed by atoms with Crippen molar-refractivity contribution in [3.8, 4) is 16.9 Å². The van der Waals surface area contributed by atoms with Gasteiger partial charge in [0.25, 0.3) is 0 Å². The lowest BCUT2D eigenvalue weighted by molar-refractivity contribution is -0.254. The molecule has 0 bridgehead atoms. The molecule has 63 heavy (non-hydrogen) atoms. The number of urea groups is 1. The molecule has 4 aromatic rings. The molecule has 15 heteroatoms. The Hall–Kier alpha value is -6.87. The van der Waals surface area contributed by atoms with E-state index in [4.69, 9.17) is 28.4 Å². The molecular weight excluding hydrogens is 816 g/mol. The highest BCUT2D eigenvalue weighted by Crippen LogP contribution is 2.42. The minimum atomic E-state index is -1.32. The SMILES string of the molecule is CCCCOc1cc(-c2ccc(C3O[C@H](COC(C)=O)[C@@H](OC(C)=O)[C@H](OC(C)=O)[C@H]3OC(C)=O)cc2)ccc1[C@@H]1[C@H](/C=C/C(=O)c2ccc(F)cc2)NC(=O)N1c1ccccc1. The van der Waals surface area contributed by atoms with Crippen LogP contribution in [-0.4, -0.2) is 79.4 Å². The molecule has 2 fully saturated rings. The van der Waals surface area contributed by atoms with Crippen LogP contribution < -0.4 is 15.0 Å². The minimum Gasteiger partial charge on any atom is -0.493 e. The number of ketones is 1. The van der Waals surface area contributed by atoms with Crippen molar-refractivity contribution in [2.45, 2.75) is 90.1 Å². The van der Waals surface area contributed by atoms with Crippen LogP contribution in [-0.2, 0) is 42.9 Å². The summed E-state index contributed by atoms with van der Waals surface area (Å²) in [6.07, 6.45) is -1.42. The monoisotopic (exact) mass is 864 g/mol. The molecule has 7 atom stereocenters. The largest absolute Gasteiger partial charge is 0.493 e. The van der Waals surface area contributed by atoms with Crippen LogP contribution in [0.25, 0.3) is 11.1 Å². The summed E-state index contributed by atoms with van der Waals surface area (Å²) in [6, 6.07) is 25.4. The van der Waals surface area contributed by atoms with E-state index in [-0.39, 0.29) is 18.4 Å². The van der Waals surface area contributed by atoms with Crippen LogP contribution in [0.5, 0.6) is 5.75 Å². The lowest BCUT2D eigenvalue weighted by Gasteiger charge is -2.44. The second-order valence-corrected chi connectivity index (χ2v) is 15.1. The Morgan fingerprint density at radius 1 is 0.762 bits per heavy atom. The third-order valence-electron chi connectivity index (χ3n) is 10.4. The van der Waals surface area contributed by atoms with E-state index in [0.717, 1.165) is 37.8 Å². The third-order valence-corrected chi connectivity index (χ3v) is 10.4. The number of benzene rings is 4. The molecule has 1 unspecified atom stereocenters. The number of nitrogens with zero attached hydrogens (tertiary/aromatic N) is 1. The van der Waals surface area contributed by atoms with E-state index in [2.05, 4.69) is 5.32 Å². The van der Waals surface area contributed by atoms with E-state index in [1.165, 1.54) is 44.2 Å². The molecule has 1 N–H and O–H groups in total. The fraction of sp³-hybridized carbons (Fsp3) is 0.333. The lowest BCUT2D eigenvalue weighted by atomic mass is 9.89. The number of carbonyl (C=O) groups excluding carboxylic acids is 6. The average molecular weight is 865 g/mol. The maximum atomic E-state index is 13.8. The van der Waals surface area contributed by atoms with Crippen LogP contribution in [0.2, 0.25) is 0 Å². The first-order valence-electron chi connectivity index (χ1n) is 20.5. The summed E-state index contributed by atoms with van der Waals surface area (Å²) in [5.74, 6) is -3.10. The van der Waals surface area contributed by atoms with E-state index in [9.17, 15) is 33.2 Å². The van der Waals surface area contributed by atoms with Crippen molar-refractivity contribution in [3.05, 3.63) is 132 Å². The maximum Gasteiger partial charge on any atom is 0.323 e. The highest BCUT2D eigenvalue weighted by Gasteiger charge is 2.52. The van der Waals surface area contributed by atoms with Gasteiger partial charge in [-0.05, 0) is 71.7 Å². The second kappa shape index (κ2) is 20.8. The highest BCUT2D eigenvalue weighted by molar-refractivity contribution is 6.05. The molecule has 4 aromatic carbocycles. The standard InChI is InChI=1S/C48H49FN2O12/c1-6-7-25-58-41-26-35(19-22-38(41)43-39(23-24-40(56)33-17-20-36(49)21-18-33)50-48(57)51(43)37-11-9-8-10-12-37)32-13-15-34(16-14-32)44-46(61-30(4)54)47(62-31(5)55)45(60-29(3)53)42(63-44)27-59-28(2)52/h8-24,26,39,42-47H,6-7,25,27H2,1-5H3,(H,50,57)/b24-23+/t39-,42+,43+,44?,45+,46-,47-/m0/s1.